The summed E-state index contributed by atoms with van der Waals surface area (Å²) in [7, 11) is 0. The van der Waals surface area contributed by atoms with Gasteiger partial charge in [-0.05, 0) is 43.4 Å². The summed E-state index contributed by atoms with van der Waals surface area (Å²) in [6.07, 6.45) is 2.43. The zero-order valence-electron chi connectivity index (χ0n) is 10.9. The van der Waals surface area contributed by atoms with E-state index in [4.69, 9.17) is 11.6 Å². The molecule has 100 valence electrons. The molecular weight excluding hydrogens is 276 g/mol. The second-order valence-electron chi connectivity index (χ2n) is 5.18. The van der Waals surface area contributed by atoms with Crippen LogP contribution in [0.25, 0.3) is 0 Å². The Morgan fingerprint density at radius 2 is 2.05 bits per heavy atom. The molecule has 2 nitrogen and oxygen atoms in total. The lowest BCUT2D eigenvalue weighted by molar-refractivity contribution is 0.289. The Morgan fingerprint density at radius 3 is 2.68 bits per heavy atom. The van der Waals surface area contributed by atoms with Crippen LogP contribution in [0.1, 0.15) is 35.0 Å². The van der Waals surface area contributed by atoms with Crippen molar-refractivity contribution in [3.8, 4) is 0 Å². The maximum atomic E-state index is 5.91. The SMILES string of the molecule is Cc1csc(CNC2CC(c3ccc(Cl)cc3)C2)n1. The van der Waals surface area contributed by atoms with Crippen LogP contribution in [-0.2, 0) is 6.54 Å². The molecule has 1 saturated carbocycles. The first-order valence-electron chi connectivity index (χ1n) is 6.60. The summed E-state index contributed by atoms with van der Waals surface area (Å²) in [4.78, 5) is 4.47. The van der Waals surface area contributed by atoms with Crippen LogP contribution < -0.4 is 5.32 Å². The molecule has 0 bridgehead atoms. The molecule has 0 saturated heterocycles. The fourth-order valence-electron chi connectivity index (χ4n) is 2.51. The highest BCUT2D eigenvalue weighted by molar-refractivity contribution is 7.09. The molecule has 1 aromatic heterocycles. The first kappa shape index (κ1) is 13.1. The number of rotatable bonds is 4. The van der Waals surface area contributed by atoms with Crippen LogP contribution in [0.4, 0.5) is 0 Å². The number of benzene rings is 1. The van der Waals surface area contributed by atoms with E-state index in [9.17, 15) is 0 Å². The molecule has 19 heavy (non-hydrogen) atoms. The molecule has 1 fully saturated rings. The molecular formula is C15H17ClN2S. The van der Waals surface area contributed by atoms with Crippen LogP contribution in [0, 0.1) is 6.92 Å². The number of aromatic nitrogens is 1. The molecule has 2 aromatic rings. The third-order valence-corrected chi connectivity index (χ3v) is 4.91. The predicted octanol–water partition coefficient (Wildman–Crippen LogP) is 4.14. The van der Waals surface area contributed by atoms with Gasteiger partial charge < -0.3 is 5.32 Å². The highest BCUT2D eigenvalue weighted by Gasteiger charge is 2.29. The smallest absolute Gasteiger partial charge is 0.107 e. The molecule has 0 atom stereocenters. The second kappa shape index (κ2) is 5.61. The maximum Gasteiger partial charge on any atom is 0.107 e. The number of aryl methyl sites for hydroxylation is 1. The Bertz CT molecular complexity index is 544. The van der Waals surface area contributed by atoms with E-state index in [1.165, 1.54) is 23.4 Å². The minimum Gasteiger partial charge on any atom is -0.308 e. The molecule has 1 N–H and O–H groups in total. The standard InChI is InChI=1S/C15H17ClN2S/c1-10-9-19-15(18-10)8-17-14-6-12(7-14)11-2-4-13(16)5-3-11/h2-5,9,12,14,17H,6-8H2,1H3. The van der Waals surface area contributed by atoms with Crippen molar-refractivity contribution in [2.24, 2.45) is 0 Å². The Balaban J connectivity index is 1.46. The molecule has 0 amide bonds. The van der Waals surface area contributed by atoms with Gasteiger partial charge in [0.15, 0.2) is 0 Å². The summed E-state index contributed by atoms with van der Waals surface area (Å²) in [5, 5.41) is 7.69. The van der Waals surface area contributed by atoms with Gasteiger partial charge >= 0.3 is 0 Å². The zero-order valence-corrected chi connectivity index (χ0v) is 12.5. The van der Waals surface area contributed by atoms with Gasteiger partial charge in [-0.1, -0.05) is 23.7 Å². The minimum atomic E-state index is 0.630. The highest BCUT2D eigenvalue weighted by atomic mass is 35.5. The van der Waals surface area contributed by atoms with E-state index in [-0.39, 0.29) is 0 Å². The van der Waals surface area contributed by atoms with Gasteiger partial charge in [-0.2, -0.15) is 0 Å². The van der Waals surface area contributed by atoms with Crippen molar-refractivity contribution in [3.05, 3.63) is 50.9 Å². The van der Waals surface area contributed by atoms with E-state index < -0.39 is 0 Å². The summed E-state index contributed by atoms with van der Waals surface area (Å²) in [5.74, 6) is 0.688. The third kappa shape index (κ3) is 3.16. The first-order valence-corrected chi connectivity index (χ1v) is 7.86. The van der Waals surface area contributed by atoms with Crippen molar-refractivity contribution < 1.29 is 0 Å². The van der Waals surface area contributed by atoms with Gasteiger partial charge in [0.2, 0.25) is 0 Å². The van der Waals surface area contributed by atoms with Gasteiger partial charge in [-0.3, -0.25) is 0 Å². The first-order chi connectivity index (χ1) is 9.20. The van der Waals surface area contributed by atoms with Gasteiger partial charge in [0.1, 0.15) is 5.01 Å². The van der Waals surface area contributed by atoms with E-state index in [0.29, 0.717) is 12.0 Å². The Labute approximate surface area is 122 Å². The number of hydrogen-bond acceptors (Lipinski definition) is 3. The van der Waals surface area contributed by atoms with Crippen LogP contribution in [-0.4, -0.2) is 11.0 Å². The minimum absolute atomic E-state index is 0.630. The molecule has 0 aliphatic heterocycles. The van der Waals surface area contributed by atoms with Crippen molar-refractivity contribution in [2.45, 2.75) is 38.3 Å². The lowest BCUT2D eigenvalue weighted by Gasteiger charge is -2.36. The number of nitrogens with one attached hydrogen (secondary N) is 1. The fourth-order valence-corrected chi connectivity index (χ4v) is 3.36. The summed E-state index contributed by atoms with van der Waals surface area (Å²) >= 11 is 7.64. The lowest BCUT2D eigenvalue weighted by Crippen LogP contribution is -2.39. The van der Waals surface area contributed by atoms with E-state index in [2.05, 4.69) is 27.8 Å². The summed E-state index contributed by atoms with van der Waals surface area (Å²) in [5.41, 5.74) is 2.53. The monoisotopic (exact) mass is 292 g/mol. The molecule has 3 rings (SSSR count). The van der Waals surface area contributed by atoms with Gasteiger partial charge in [0.25, 0.3) is 0 Å². The van der Waals surface area contributed by atoms with Crippen LogP contribution in [0.5, 0.6) is 0 Å². The second-order valence-corrected chi connectivity index (χ2v) is 6.56. The van der Waals surface area contributed by atoms with Crippen molar-refractivity contribution in [3.63, 3.8) is 0 Å². The zero-order chi connectivity index (χ0) is 13.2. The van der Waals surface area contributed by atoms with Crippen LogP contribution in [0.15, 0.2) is 29.6 Å². The summed E-state index contributed by atoms with van der Waals surface area (Å²) in [6.45, 7) is 2.94. The average Bonchev–Trinajstić information content (AvgIpc) is 2.75. The molecule has 0 spiro atoms. The van der Waals surface area contributed by atoms with Crippen molar-refractivity contribution in [1.29, 1.82) is 0 Å². The molecule has 4 heteroatoms. The predicted molar refractivity (Wildman–Crippen MR) is 80.9 cm³/mol. The summed E-state index contributed by atoms with van der Waals surface area (Å²) < 4.78 is 0. The lowest BCUT2D eigenvalue weighted by atomic mass is 9.76. The molecule has 1 aliphatic rings. The van der Waals surface area contributed by atoms with Gasteiger partial charge in [-0.15, -0.1) is 11.3 Å². The van der Waals surface area contributed by atoms with Crippen molar-refractivity contribution in [2.75, 3.05) is 0 Å². The Kier molecular flexibility index (Phi) is 3.87. The molecule has 1 aromatic carbocycles. The molecule has 1 aliphatic carbocycles. The Morgan fingerprint density at radius 1 is 1.32 bits per heavy atom. The van der Waals surface area contributed by atoms with Crippen LogP contribution >= 0.6 is 22.9 Å². The molecule has 1 heterocycles. The largest absolute Gasteiger partial charge is 0.308 e. The van der Waals surface area contributed by atoms with Crippen LogP contribution in [0.3, 0.4) is 0 Å². The van der Waals surface area contributed by atoms with E-state index in [1.807, 2.05) is 19.1 Å². The number of halogens is 1. The van der Waals surface area contributed by atoms with Crippen molar-refractivity contribution in [1.82, 2.24) is 10.3 Å². The number of hydrogen-bond donors (Lipinski definition) is 1. The van der Waals surface area contributed by atoms with Crippen molar-refractivity contribution >= 4 is 22.9 Å². The van der Waals surface area contributed by atoms with Crippen LogP contribution in [0.2, 0.25) is 5.02 Å². The van der Waals surface area contributed by atoms with E-state index >= 15 is 0 Å². The molecule has 0 unspecified atom stereocenters. The maximum absolute atomic E-state index is 5.91. The normalized spacial score (nSPS) is 22.2. The fraction of sp³-hybridized carbons (Fsp3) is 0.400. The van der Waals surface area contributed by atoms with Gasteiger partial charge in [-0.25, -0.2) is 4.98 Å². The quantitative estimate of drug-likeness (QED) is 0.916. The third-order valence-electron chi connectivity index (χ3n) is 3.69. The summed E-state index contributed by atoms with van der Waals surface area (Å²) in [6, 6.07) is 8.89. The number of nitrogens with zero attached hydrogens (tertiary/aromatic N) is 1. The van der Waals surface area contributed by atoms with Gasteiger partial charge in [0, 0.05) is 28.7 Å². The van der Waals surface area contributed by atoms with Gasteiger partial charge in [0.05, 0.1) is 0 Å². The Hall–Kier alpha value is -0.900. The topological polar surface area (TPSA) is 24.9 Å². The van der Waals surface area contributed by atoms with E-state index in [1.54, 1.807) is 11.3 Å². The molecule has 0 radical (unpaired) electrons. The highest BCUT2D eigenvalue weighted by Crippen LogP contribution is 2.37. The number of thiazole rings is 1. The average molecular weight is 293 g/mol. The van der Waals surface area contributed by atoms with E-state index in [0.717, 1.165) is 17.3 Å².